The Morgan fingerprint density at radius 2 is 1.62 bits per heavy atom. The van der Waals surface area contributed by atoms with Gasteiger partial charge in [-0.05, 0) is 11.1 Å². The van der Waals surface area contributed by atoms with Crippen molar-refractivity contribution in [3.63, 3.8) is 0 Å². The van der Waals surface area contributed by atoms with Gasteiger partial charge >= 0.3 is 5.69 Å². The minimum Gasteiger partial charge on any atom is -0.376 e. The normalized spacial score (nSPS) is 22.8. The minimum atomic E-state index is -1.01. The first-order valence-corrected chi connectivity index (χ1v) is 12.3. The van der Waals surface area contributed by atoms with Gasteiger partial charge in [0, 0.05) is 0 Å². The van der Waals surface area contributed by atoms with Crippen LogP contribution in [0.4, 0.5) is 4.39 Å². The van der Waals surface area contributed by atoms with Crippen molar-refractivity contribution >= 4 is 34.4 Å². The van der Waals surface area contributed by atoms with Gasteiger partial charge in [0.05, 0.1) is 46.7 Å². The van der Waals surface area contributed by atoms with Crippen molar-refractivity contribution in [1.82, 2.24) is 9.55 Å². The van der Waals surface area contributed by atoms with Crippen LogP contribution in [0.1, 0.15) is 16.5 Å². The van der Waals surface area contributed by atoms with Crippen molar-refractivity contribution in [2.24, 2.45) is 0 Å². The van der Waals surface area contributed by atoms with Crippen molar-refractivity contribution in [2.75, 3.05) is 6.61 Å². The summed E-state index contributed by atoms with van der Waals surface area (Å²) < 4.78 is 27.3. The molecular weight excluding hydrogens is 546 g/mol. The van der Waals surface area contributed by atoms with Gasteiger partial charge in [-0.1, -0.05) is 83.3 Å². The van der Waals surface area contributed by atoms with Crippen LogP contribution in [0.3, 0.4) is 0 Å². The van der Waals surface area contributed by atoms with Crippen LogP contribution >= 0.6 is 34.4 Å². The summed E-state index contributed by atoms with van der Waals surface area (Å²) in [6, 6.07) is 19.7. The van der Waals surface area contributed by atoms with E-state index in [2.05, 4.69) is 22.6 Å². The Morgan fingerprint density at radius 1 is 1.00 bits per heavy atom. The summed E-state index contributed by atoms with van der Waals surface area (Å²) in [5, 5.41) is -0.475. The van der Waals surface area contributed by atoms with E-state index in [1.165, 1.54) is 16.3 Å². The Kier molecular flexibility index (Phi) is 7.82. The number of aromatic amines is 1. The molecule has 3 aromatic rings. The molecule has 4 atom stereocenters. The van der Waals surface area contributed by atoms with Gasteiger partial charge in [-0.25, -0.2) is 4.79 Å². The van der Waals surface area contributed by atoms with Gasteiger partial charge in [0.25, 0.3) is 5.56 Å². The molecule has 0 radical (unpaired) electrons. The number of nitrogens with zero attached hydrogens (tertiary/aromatic N) is 1. The molecule has 2 heterocycles. The zero-order chi connectivity index (χ0) is 22.5. The van der Waals surface area contributed by atoms with Crippen LogP contribution < -0.4 is 11.2 Å². The third kappa shape index (κ3) is 5.51. The molecule has 0 spiro atoms. The van der Waals surface area contributed by atoms with Crippen LogP contribution in [-0.2, 0) is 22.7 Å². The molecule has 0 amide bonds. The largest absolute Gasteiger partial charge is 0.376 e. The number of alkyl halides is 1. The first-order chi connectivity index (χ1) is 15.5. The lowest BCUT2D eigenvalue weighted by Gasteiger charge is -2.22. The highest BCUT2D eigenvalue weighted by molar-refractivity contribution is 14.1. The monoisotopic (exact) mass is 568 g/mol. The van der Waals surface area contributed by atoms with Crippen molar-refractivity contribution in [3.05, 3.63) is 105 Å². The standard InChI is InChI=1S/C23H22FIN2O4S/c24-17-11-27(23(29)26-21(17)28)22-19(25)20(31-13-16-9-5-2-6-10-16)18(32-22)14-30-12-15-7-3-1-4-8-15/h1-11,18-20,22H,12-14H2,(H,26,28,29)/t18-,19-,20-,22-/m1/s1. The predicted octanol–water partition coefficient (Wildman–Crippen LogP) is 3.90. The molecule has 4 rings (SSSR count). The fourth-order valence-corrected chi connectivity index (χ4v) is 6.91. The third-order valence-corrected chi connectivity index (χ3v) is 8.58. The maximum Gasteiger partial charge on any atom is 0.329 e. The molecule has 6 nitrogen and oxygen atoms in total. The zero-order valence-corrected chi connectivity index (χ0v) is 20.0. The SMILES string of the molecule is O=c1[nH]c(=O)n([C@@H]2S[C@H](COCc3ccccc3)[C@@H](OCc3ccccc3)[C@H]2I)cc1F. The number of ether oxygens (including phenoxy) is 2. The third-order valence-electron chi connectivity index (χ3n) is 5.14. The lowest BCUT2D eigenvalue weighted by Crippen LogP contribution is -2.37. The predicted molar refractivity (Wildman–Crippen MR) is 131 cm³/mol. The number of rotatable bonds is 8. The molecule has 168 valence electrons. The number of thioether (sulfide) groups is 1. The summed E-state index contributed by atoms with van der Waals surface area (Å²) in [5.74, 6) is -0.987. The molecule has 1 aromatic heterocycles. The van der Waals surface area contributed by atoms with E-state index in [1.54, 1.807) is 0 Å². The maximum atomic E-state index is 13.9. The summed E-state index contributed by atoms with van der Waals surface area (Å²) in [6.45, 7) is 1.30. The first kappa shape index (κ1) is 23.2. The Balaban J connectivity index is 1.51. The van der Waals surface area contributed by atoms with Crippen LogP contribution in [0, 0.1) is 5.82 Å². The second kappa shape index (κ2) is 10.8. The molecule has 1 aliphatic heterocycles. The fourth-order valence-electron chi connectivity index (χ4n) is 3.53. The molecule has 1 fully saturated rings. The smallest absolute Gasteiger partial charge is 0.329 e. The van der Waals surface area contributed by atoms with E-state index < -0.39 is 22.4 Å². The highest BCUT2D eigenvalue weighted by atomic mass is 127. The first-order valence-electron chi connectivity index (χ1n) is 10.1. The van der Waals surface area contributed by atoms with Gasteiger partial charge in [0.2, 0.25) is 5.82 Å². The molecular formula is C23H22FIN2O4S. The number of nitrogens with one attached hydrogen (secondary N) is 1. The van der Waals surface area contributed by atoms with Gasteiger partial charge in [-0.3, -0.25) is 14.3 Å². The van der Waals surface area contributed by atoms with Crippen molar-refractivity contribution in [3.8, 4) is 0 Å². The number of hydrogen-bond acceptors (Lipinski definition) is 5. The second-order valence-corrected chi connectivity index (χ2v) is 10.2. The summed E-state index contributed by atoms with van der Waals surface area (Å²) in [7, 11) is 0. The van der Waals surface area contributed by atoms with Crippen LogP contribution in [0.25, 0.3) is 0 Å². The Bertz CT molecular complexity index is 1140. The fraction of sp³-hybridized carbons (Fsp3) is 0.304. The van der Waals surface area contributed by atoms with E-state index in [9.17, 15) is 14.0 Å². The minimum absolute atomic E-state index is 0.0730. The van der Waals surface area contributed by atoms with E-state index in [1.807, 2.05) is 65.6 Å². The lowest BCUT2D eigenvalue weighted by atomic mass is 10.1. The van der Waals surface area contributed by atoms with E-state index >= 15 is 0 Å². The average Bonchev–Trinajstić information content (AvgIpc) is 3.11. The van der Waals surface area contributed by atoms with Crippen LogP contribution in [0.15, 0.2) is 76.4 Å². The van der Waals surface area contributed by atoms with Gasteiger partial charge in [-0.2, -0.15) is 4.39 Å². The summed E-state index contributed by atoms with van der Waals surface area (Å²) in [4.78, 5) is 25.9. The molecule has 0 bridgehead atoms. The van der Waals surface area contributed by atoms with E-state index in [4.69, 9.17) is 9.47 Å². The zero-order valence-electron chi connectivity index (χ0n) is 17.0. The number of halogens is 2. The van der Waals surface area contributed by atoms with Gasteiger partial charge in [-0.15, -0.1) is 11.8 Å². The highest BCUT2D eigenvalue weighted by Crippen LogP contribution is 2.47. The summed E-state index contributed by atoms with van der Waals surface area (Å²) in [6.07, 6.45) is 0.745. The summed E-state index contributed by atoms with van der Waals surface area (Å²) >= 11 is 3.74. The van der Waals surface area contributed by atoms with E-state index in [-0.39, 0.29) is 15.3 Å². The highest BCUT2D eigenvalue weighted by Gasteiger charge is 2.45. The Hall–Kier alpha value is -1.95. The number of hydrogen-bond donors (Lipinski definition) is 1. The van der Waals surface area contributed by atoms with Gasteiger partial charge < -0.3 is 9.47 Å². The molecule has 0 aliphatic carbocycles. The van der Waals surface area contributed by atoms with Crippen LogP contribution in [0.2, 0.25) is 0 Å². The molecule has 1 aliphatic rings. The quantitative estimate of drug-likeness (QED) is 0.330. The Labute approximate surface area is 202 Å². The van der Waals surface area contributed by atoms with Crippen LogP contribution in [0.5, 0.6) is 0 Å². The van der Waals surface area contributed by atoms with E-state index in [0.29, 0.717) is 19.8 Å². The van der Waals surface area contributed by atoms with Crippen molar-refractivity contribution < 1.29 is 13.9 Å². The van der Waals surface area contributed by atoms with Crippen molar-refractivity contribution in [2.45, 2.75) is 33.9 Å². The maximum absolute atomic E-state index is 13.9. The average molecular weight is 568 g/mol. The Morgan fingerprint density at radius 3 is 2.28 bits per heavy atom. The molecule has 2 aromatic carbocycles. The molecule has 0 saturated carbocycles. The van der Waals surface area contributed by atoms with Crippen molar-refractivity contribution in [1.29, 1.82) is 0 Å². The lowest BCUT2D eigenvalue weighted by molar-refractivity contribution is 0.0189. The summed E-state index contributed by atoms with van der Waals surface area (Å²) in [5.41, 5.74) is 0.460. The molecule has 9 heteroatoms. The molecule has 1 saturated heterocycles. The molecule has 0 unspecified atom stereocenters. The van der Waals surface area contributed by atoms with Gasteiger partial charge in [0.15, 0.2) is 0 Å². The number of aromatic nitrogens is 2. The van der Waals surface area contributed by atoms with Gasteiger partial charge in [0.1, 0.15) is 0 Å². The number of H-pyrrole nitrogens is 1. The van der Waals surface area contributed by atoms with Crippen LogP contribution in [-0.4, -0.2) is 31.4 Å². The molecule has 32 heavy (non-hydrogen) atoms. The number of benzene rings is 2. The topological polar surface area (TPSA) is 73.3 Å². The second-order valence-electron chi connectivity index (χ2n) is 7.42. The van der Waals surface area contributed by atoms with E-state index in [0.717, 1.165) is 17.3 Å². The molecule has 1 N–H and O–H groups in total.